The lowest BCUT2D eigenvalue weighted by Crippen LogP contribution is -2.47. The highest BCUT2D eigenvalue weighted by Crippen LogP contribution is 2.36. The highest BCUT2D eigenvalue weighted by atomic mass is 35.5. The number of ether oxygens (including phenoxy) is 1. The Morgan fingerprint density at radius 2 is 1.96 bits per heavy atom. The maximum absolute atomic E-state index is 12.9. The van der Waals surface area contributed by atoms with E-state index in [-0.39, 0.29) is 33.3 Å². The summed E-state index contributed by atoms with van der Waals surface area (Å²) in [4.78, 5) is 11.0. The Kier molecular flexibility index (Phi) is 5.45. The standard InChI is InChI=1S/C14H17Cl2NO5S/c1-8-3-4-9(14(18)19)7-17(8)23(20,21)13-6-10(15)12(22-2)5-11(13)16/h5-6,8-9H,3-4,7H2,1-2H3,(H,18,19). The minimum atomic E-state index is -3.96. The number of carbonyl (C=O) groups is 1. The molecule has 1 heterocycles. The quantitative estimate of drug-likeness (QED) is 0.866. The van der Waals surface area contributed by atoms with Crippen molar-refractivity contribution in [2.75, 3.05) is 13.7 Å². The van der Waals surface area contributed by atoms with Crippen molar-refractivity contribution in [2.45, 2.75) is 30.7 Å². The summed E-state index contributed by atoms with van der Waals surface area (Å²) in [6.07, 6.45) is 0.914. The molecule has 2 unspecified atom stereocenters. The highest BCUT2D eigenvalue weighted by Gasteiger charge is 2.38. The predicted molar refractivity (Wildman–Crippen MR) is 86.7 cm³/mol. The number of hydrogen-bond donors (Lipinski definition) is 1. The number of halogens is 2. The number of aliphatic carboxylic acids is 1. The van der Waals surface area contributed by atoms with Gasteiger partial charge in [0.25, 0.3) is 0 Å². The van der Waals surface area contributed by atoms with Crippen molar-refractivity contribution in [3.8, 4) is 5.75 Å². The van der Waals surface area contributed by atoms with E-state index in [1.165, 1.54) is 23.5 Å². The molecule has 0 aliphatic carbocycles. The van der Waals surface area contributed by atoms with E-state index >= 15 is 0 Å². The fraction of sp³-hybridized carbons (Fsp3) is 0.500. The van der Waals surface area contributed by atoms with E-state index in [9.17, 15) is 13.2 Å². The molecule has 0 saturated carbocycles. The van der Waals surface area contributed by atoms with Gasteiger partial charge in [0, 0.05) is 18.7 Å². The normalized spacial score (nSPS) is 22.8. The van der Waals surface area contributed by atoms with Crippen molar-refractivity contribution in [3.63, 3.8) is 0 Å². The number of benzene rings is 1. The Morgan fingerprint density at radius 3 is 2.52 bits per heavy atom. The lowest BCUT2D eigenvalue weighted by Gasteiger charge is -2.35. The Hall–Kier alpha value is -1.02. The van der Waals surface area contributed by atoms with Gasteiger partial charge in [-0.25, -0.2) is 8.42 Å². The van der Waals surface area contributed by atoms with Crippen LogP contribution in [0.1, 0.15) is 19.8 Å². The molecule has 9 heteroatoms. The SMILES string of the molecule is COc1cc(Cl)c(S(=O)(=O)N2CC(C(=O)O)CCC2C)cc1Cl. The zero-order valence-electron chi connectivity index (χ0n) is 12.6. The van der Waals surface area contributed by atoms with Crippen LogP contribution < -0.4 is 4.74 Å². The first-order chi connectivity index (χ1) is 10.7. The maximum Gasteiger partial charge on any atom is 0.307 e. The Bertz CT molecular complexity index is 722. The van der Waals surface area contributed by atoms with Crippen LogP contribution in [0, 0.1) is 5.92 Å². The van der Waals surface area contributed by atoms with Gasteiger partial charge in [0.2, 0.25) is 10.0 Å². The zero-order valence-corrected chi connectivity index (χ0v) is 15.0. The molecule has 1 aromatic carbocycles. The number of piperidine rings is 1. The molecule has 1 aliphatic rings. The fourth-order valence-corrected chi connectivity index (χ4v) is 5.13. The van der Waals surface area contributed by atoms with Crippen molar-refractivity contribution in [3.05, 3.63) is 22.2 Å². The first-order valence-corrected chi connectivity index (χ1v) is 9.15. The molecule has 1 N–H and O–H groups in total. The van der Waals surface area contributed by atoms with Gasteiger partial charge in [-0.1, -0.05) is 23.2 Å². The van der Waals surface area contributed by atoms with Crippen molar-refractivity contribution < 1.29 is 23.1 Å². The third-order valence-corrected chi connectivity index (χ3v) is 6.71. The van der Waals surface area contributed by atoms with E-state index in [2.05, 4.69) is 0 Å². The molecule has 1 aliphatic heterocycles. The van der Waals surface area contributed by atoms with Crippen LogP contribution >= 0.6 is 23.2 Å². The lowest BCUT2D eigenvalue weighted by atomic mass is 9.96. The number of carboxylic acid groups (broad SMARTS) is 1. The number of carboxylic acids is 1. The topological polar surface area (TPSA) is 83.9 Å². The molecule has 1 aromatic rings. The van der Waals surface area contributed by atoms with Gasteiger partial charge >= 0.3 is 5.97 Å². The zero-order chi connectivity index (χ0) is 17.4. The molecule has 0 amide bonds. The second-order valence-corrected chi connectivity index (χ2v) is 8.13. The van der Waals surface area contributed by atoms with Gasteiger partial charge in [-0.05, 0) is 25.8 Å². The predicted octanol–water partition coefficient (Wildman–Crippen LogP) is 2.88. The molecule has 23 heavy (non-hydrogen) atoms. The van der Waals surface area contributed by atoms with E-state index in [1.807, 2.05) is 0 Å². The first-order valence-electron chi connectivity index (χ1n) is 6.96. The lowest BCUT2D eigenvalue weighted by molar-refractivity contribution is -0.143. The van der Waals surface area contributed by atoms with E-state index < -0.39 is 21.9 Å². The van der Waals surface area contributed by atoms with Crippen LogP contribution in [0.25, 0.3) is 0 Å². The summed E-state index contributed by atoms with van der Waals surface area (Å²) < 4.78 is 32.0. The van der Waals surface area contributed by atoms with Crippen LogP contribution in [-0.4, -0.2) is 43.5 Å². The first kappa shape index (κ1) is 18.3. The Labute approximate surface area is 145 Å². The molecule has 1 saturated heterocycles. The summed E-state index contributed by atoms with van der Waals surface area (Å²) in [5.41, 5.74) is 0. The maximum atomic E-state index is 12.9. The van der Waals surface area contributed by atoms with E-state index in [0.717, 1.165) is 0 Å². The molecular weight excluding hydrogens is 365 g/mol. The van der Waals surface area contributed by atoms with Gasteiger partial charge in [0.05, 0.1) is 23.1 Å². The summed E-state index contributed by atoms with van der Waals surface area (Å²) in [6, 6.07) is 2.25. The van der Waals surface area contributed by atoms with Gasteiger partial charge in [-0.15, -0.1) is 0 Å². The molecule has 2 atom stereocenters. The number of sulfonamides is 1. The molecule has 1 fully saturated rings. The van der Waals surface area contributed by atoms with Gasteiger partial charge < -0.3 is 9.84 Å². The summed E-state index contributed by atoms with van der Waals surface area (Å²) in [5, 5.41) is 9.26. The van der Waals surface area contributed by atoms with Crippen LogP contribution in [0.15, 0.2) is 17.0 Å². The monoisotopic (exact) mass is 381 g/mol. The second kappa shape index (κ2) is 6.84. The van der Waals surface area contributed by atoms with Gasteiger partial charge in [-0.3, -0.25) is 4.79 Å². The molecule has 0 radical (unpaired) electrons. The van der Waals surface area contributed by atoms with Crippen LogP contribution in [0.2, 0.25) is 10.0 Å². The molecular formula is C14H17Cl2NO5S. The summed E-state index contributed by atoms with van der Waals surface area (Å²) in [6.45, 7) is 1.66. The molecule has 0 bridgehead atoms. The third-order valence-electron chi connectivity index (χ3n) is 3.97. The van der Waals surface area contributed by atoms with Crippen molar-refractivity contribution >= 4 is 39.2 Å². The van der Waals surface area contributed by atoms with Crippen LogP contribution in [0.5, 0.6) is 5.75 Å². The molecule has 0 aromatic heterocycles. The third kappa shape index (κ3) is 3.57. The molecule has 2 rings (SSSR count). The summed E-state index contributed by atoms with van der Waals surface area (Å²) in [7, 11) is -2.56. The molecule has 128 valence electrons. The van der Waals surface area contributed by atoms with E-state index in [0.29, 0.717) is 12.8 Å². The van der Waals surface area contributed by atoms with Gasteiger partial charge in [-0.2, -0.15) is 4.31 Å². The van der Waals surface area contributed by atoms with Crippen molar-refractivity contribution in [1.82, 2.24) is 4.31 Å². The Morgan fingerprint density at radius 1 is 1.30 bits per heavy atom. The van der Waals surface area contributed by atoms with Crippen LogP contribution in [-0.2, 0) is 14.8 Å². The number of rotatable bonds is 4. The molecule has 6 nitrogen and oxygen atoms in total. The highest BCUT2D eigenvalue weighted by molar-refractivity contribution is 7.89. The second-order valence-electron chi connectivity index (χ2n) is 5.45. The smallest absolute Gasteiger partial charge is 0.307 e. The summed E-state index contributed by atoms with van der Waals surface area (Å²) >= 11 is 12.1. The fourth-order valence-electron chi connectivity index (χ4n) is 2.60. The van der Waals surface area contributed by atoms with E-state index in [1.54, 1.807) is 6.92 Å². The number of nitrogens with zero attached hydrogens (tertiary/aromatic N) is 1. The van der Waals surface area contributed by atoms with E-state index in [4.69, 9.17) is 33.0 Å². The minimum absolute atomic E-state index is 0.0177. The molecule has 0 spiro atoms. The van der Waals surface area contributed by atoms with Gasteiger partial charge in [0.15, 0.2) is 0 Å². The minimum Gasteiger partial charge on any atom is -0.495 e. The number of hydrogen-bond acceptors (Lipinski definition) is 4. The van der Waals surface area contributed by atoms with Crippen molar-refractivity contribution in [1.29, 1.82) is 0 Å². The van der Waals surface area contributed by atoms with Crippen LogP contribution in [0.4, 0.5) is 0 Å². The van der Waals surface area contributed by atoms with Crippen LogP contribution in [0.3, 0.4) is 0 Å². The number of methoxy groups -OCH3 is 1. The average molecular weight is 382 g/mol. The van der Waals surface area contributed by atoms with Gasteiger partial charge in [0.1, 0.15) is 10.6 Å². The average Bonchev–Trinajstić information content (AvgIpc) is 2.48. The Balaban J connectivity index is 2.45. The summed E-state index contributed by atoms with van der Waals surface area (Å²) in [5.74, 6) is -1.46. The van der Waals surface area contributed by atoms with Crippen molar-refractivity contribution in [2.24, 2.45) is 5.92 Å². The largest absolute Gasteiger partial charge is 0.495 e.